The largest absolute Gasteiger partial charge is 0.371 e. The summed E-state index contributed by atoms with van der Waals surface area (Å²) in [5.41, 5.74) is 9.81. The molecule has 1 heterocycles. The van der Waals surface area contributed by atoms with Gasteiger partial charge in [0, 0.05) is 18.8 Å². The first kappa shape index (κ1) is 12.4. The minimum absolute atomic E-state index is 0.841. The van der Waals surface area contributed by atoms with Crippen molar-refractivity contribution in [3.63, 3.8) is 0 Å². The summed E-state index contributed by atoms with van der Waals surface area (Å²) in [7, 11) is 0. The van der Waals surface area contributed by atoms with Crippen molar-refractivity contribution in [1.82, 2.24) is 0 Å². The van der Waals surface area contributed by atoms with E-state index in [4.69, 9.17) is 5.73 Å². The second kappa shape index (κ2) is 5.54. The summed E-state index contributed by atoms with van der Waals surface area (Å²) in [5, 5.41) is 0. The van der Waals surface area contributed by atoms with Crippen LogP contribution in [0.5, 0.6) is 0 Å². The molecule has 0 radical (unpaired) electrons. The lowest BCUT2D eigenvalue weighted by molar-refractivity contribution is 0.386. The van der Waals surface area contributed by atoms with Gasteiger partial charge < -0.3 is 10.6 Å². The highest BCUT2D eigenvalue weighted by Crippen LogP contribution is 2.27. The highest BCUT2D eigenvalue weighted by atomic mass is 15.1. The second-order valence-electron chi connectivity index (χ2n) is 5.30. The smallest absolute Gasteiger partial charge is 0.0396 e. The van der Waals surface area contributed by atoms with Crippen LogP contribution in [-0.4, -0.2) is 19.6 Å². The van der Waals surface area contributed by atoms with Gasteiger partial charge >= 0.3 is 0 Å². The lowest BCUT2D eigenvalue weighted by atomic mass is 9.93. The Kier molecular flexibility index (Phi) is 4.06. The molecule has 2 heteroatoms. The van der Waals surface area contributed by atoms with Crippen molar-refractivity contribution < 1.29 is 0 Å². The van der Waals surface area contributed by atoms with Gasteiger partial charge in [-0.2, -0.15) is 0 Å². The number of hydrogen-bond donors (Lipinski definition) is 1. The van der Waals surface area contributed by atoms with E-state index in [2.05, 4.69) is 36.9 Å². The van der Waals surface area contributed by atoms with E-state index in [0.717, 1.165) is 12.5 Å². The average molecular weight is 232 g/mol. The SMILES string of the molecule is Cc1ccc(N2CCC(CCN)CC2)c(C)c1. The molecule has 1 fully saturated rings. The average Bonchev–Trinajstić information content (AvgIpc) is 2.31. The number of piperidine rings is 1. The quantitative estimate of drug-likeness (QED) is 0.868. The summed E-state index contributed by atoms with van der Waals surface area (Å²) in [4.78, 5) is 2.53. The molecule has 94 valence electrons. The Hall–Kier alpha value is -1.02. The van der Waals surface area contributed by atoms with Crippen LogP contribution in [0.1, 0.15) is 30.4 Å². The van der Waals surface area contributed by atoms with E-state index in [1.165, 1.54) is 49.2 Å². The molecule has 1 aromatic rings. The van der Waals surface area contributed by atoms with Gasteiger partial charge in [-0.1, -0.05) is 17.7 Å². The number of anilines is 1. The molecule has 0 aliphatic carbocycles. The van der Waals surface area contributed by atoms with Crippen LogP contribution in [0.25, 0.3) is 0 Å². The monoisotopic (exact) mass is 232 g/mol. The maximum absolute atomic E-state index is 5.63. The Bertz CT molecular complexity index is 365. The fourth-order valence-corrected chi connectivity index (χ4v) is 2.86. The van der Waals surface area contributed by atoms with Crippen LogP contribution in [0.3, 0.4) is 0 Å². The molecule has 0 aromatic heterocycles. The van der Waals surface area contributed by atoms with Crippen LogP contribution < -0.4 is 10.6 Å². The van der Waals surface area contributed by atoms with Crippen LogP contribution in [0.4, 0.5) is 5.69 Å². The van der Waals surface area contributed by atoms with Crippen molar-refractivity contribution >= 4 is 5.69 Å². The fraction of sp³-hybridized carbons (Fsp3) is 0.600. The van der Waals surface area contributed by atoms with Crippen molar-refractivity contribution in [3.05, 3.63) is 29.3 Å². The topological polar surface area (TPSA) is 29.3 Å². The molecule has 0 saturated carbocycles. The molecule has 0 bridgehead atoms. The number of nitrogens with two attached hydrogens (primary N) is 1. The van der Waals surface area contributed by atoms with Gasteiger partial charge in [0.2, 0.25) is 0 Å². The Balaban J connectivity index is 2.00. The van der Waals surface area contributed by atoms with Crippen molar-refractivity contribution in [2.24, 2.45) is 11.7 Å². The Labute approximate surface area is 105 Å². The van der Waals surface area contributed by atoms with Crippen LogP contribution in [0.2, 0.25) is 0 Å². The zero-order chi connectivity index (χ0) is 12.3. The number of hydrogen-bond acceptors (Lipinski definition) is 2. The van der Waals surface area contributed by atoms with E-state index in [1.54, 1.807) is 0 Å². The van der Waals surface area contributed by atoms with Gasteiger partial charge in [-0.3, -0.25) is 0 Å². The molecule has 1 aromatic carbocycles. The molecule has 0 amide bonds. The molecule has 0 spiro atoms. The van der Waals surface area contributed by atoms with Crippen molar-refractivity contribution in [2.45, 2.75) is 33.1 Å². The fourth-order valence-electron chi connectivity index (χ4n) is 2.86. The molecule has 0 unspecified atom stereocenters. The second-order valence-corrected chi connectivity index (χ2v) is 5.30. The van der Waals surface area contributed by atoms with E-state index in [9.17, 15) is 0 Å². The summed E-state index contributed by atoms with van der Waals surface area (Å²) in [6.07, 6.45) is 3.79. The lowest BCUT2D eigenvalue weighted by Crippen LogP contribution is -2.34. The van der Waals surface area contributed by atoms with E-state index in [-0.39, 0.29) is 0 Å². The first-order chi connectivity index (χ1) is 8.20. The molecule has 1 aliphatic rings. The Morgan fingerprint density at radius 1 is 1.24 bits per heavy atom. The first-order valence-electron chi connectivity index (χ1n) is 6.73. The molecular formula is C15H24N2. The van der Waals surface area contributed by atoms with Crippen LogP contribution in [0.15, 0.2) is 18.2 Å². The third kappa shape index (κ3) is 3.01. The van der Waals surface area contributed by atoms with E-state index in [1.807, 2.05) is 0 Å². The summed E-state index contributed by atoms with van der Waals surface area (Å²) in [6.45, 7) is 7.59. The lowest BCUT2D eigenvalue weighted by Gasteiger charge is -2.34. The summed E-state index contributed by atoms with van der Waals surface area (Å²) in [5.74, 6) is 0.849. The van der Waals surface area contributed by atoms with Gasteiger partial charge in [-0.15, -0.1) is 0 Å². The predicted octanol–water partition coefficient (Wildman–Crippen LogP) is 2.87. The highest BCUT2D eigenvalue weighted by Gasteiger charge is 2.19. The molecule has 2 rings (SSSR count). The summed E-state index contributed by atoms with van der Waals surface area (Å²) in [6, 6.07) is 6.77. The molecule has 2 nitrogen and oxygen atoms in total. The van der Waals surface area contributed by atoms with Crippen LogP contribution in [0, 0.1) is 19.8 Å². The maximum atomic E-state index is 5.63. The van der Waals surface area contributed by atoms with Crippen LogP contribution in [-0.2, 0) is 0 Å². The van der Waals surface area contributed by atoms with Crippen molar-refractivity contribution in [2.75, 3.05) is 24.5 Å². The number of benzene rings is 1. The molecule has 1 saturated heterocycles. The number of nitrogens with zero attached hydrogens (tertiary/aromatic N) is 1. The minimum atomic E-state index is 0.841. The molecule has 2 N–H and O–H groups in total. The zero-order valence-corrected chi connectivity index (χ0v) is 11.1. The molecular weight excluding hydrogens is 208 g/mol. The maximum Gasteiger partial charge on any atom is 0.0396 e. The number of rotatable bonds is 3. The van der Waals surface area contributed by atoms with Gasteiger partial charge in [-0.25, -0.2) is 0 Å². The highest BCUT2D eigenvalue weighted by molar-refractivity contribution is 5.54. The normalized spacial score (nSPS) is 17.5. The first-order valence-corrected chi connectivity index (χ1v) is 6.73. The minimum Gasteiger partial charge on any atom is -0.371 e. The van der Waals surface area contributed by atoms with Gasteiger partial charge in [0.15, 0.2) is 0 Å². The predicted molar refractivity (Wildman–Crippen MR) is 74.5 cm³/mol. The van der Waals surface area contributed by atoms with E-state index < -0.39 is 0 Å². The van der Waals surface area contributed by atoms with Crippen LogP contribution >= 0.6 is 0 Å². The van der Waals surface area contributed by atoms with Crippen molar-refractivity contribution in [1.29, 1.82) is 0 Å². The van der Waals surface area contributed by atoms with E-state index in [0.29, 0.717) is 0 Å². The van der Waals surface area contributed by atoms with E-state index >= 15 is 0 Å². The number of aryl methyl sites for hydroxylation is 2. The summed E-state index contributed by atoms with van der Waals surface area (Å²) >= 11 is 0. The van der Waals surface area contributed by atoms with Gasteiger partial charge in [0.05, 0.1) is 0 Å². The standard InChI is InChI=1S/C15H24N2/c1-12-3-4-15(13(2)11-12)17-9-6-14(5-8-16)7-10-17/h3-4,11,14H,5-10,16H2,1-2H3. The third-order valence-corrected chi connectivity index (χ3v) is 3.88. The summed E-state index contributed by atoms with van der Waals surface area (Å²) < 4.78 is 0. The molecule has 1 aliphatic heterocycles. The Morgan fingerprint density at radius 3 is 2.53 bits per heavy atom. The zero-order valence-electron chi connectivity index (χ0n) is 11.1. The van der Waals surface area contributed by atoms with Gasteiger partial charge in [0.25, 0.3) is 0 Å². The molecule has 17 heavy (non-hydrogen) atoms. The Morgan fingerprint density at radius 2 is 1.94 bits per heavy atom. The van der Waals surface area contributed by atoms with Gasteiger partial charge in [0.1, 0.15) is 0 Å². The van der Waals surface area contributed by atoms with Crippen molar-refractivity contribution in [3.8, 4) is 0 Å². The van der Waals surface area contributed by atoms with Gasteiger partial charge in [-0.05, 0) is 57.2 Å². The molecule has 0 atom stereocenters. The third-order valence-electron chi connectivity index (χ3n) is 3.88.